The van der Waals surface area contributed by atoms with Crippen LogP contribution in [0.4, 0.5) is 0 Å². The second-order valence-corrected chi connectivity index (χ2v) is 10.0. The van der Waals surface area contributed by atoms with Gasteiger partial charge in [-0.25, -0.2) is 9.59 Å². The highest BCUT2D eigenvalue weighted by molar-refractivity contribution is 5.85. The molecule has 9 nitrogen and oxygen atoms in total. The minimum absolute atomic E-state index is 0.156. The first-order valence-electron chi connectivity index (χ1n) is 11.5. The number of aliphatic carboxylic acids is 3. The van der Waals surface area contributed by atoms with Gasteiger partial charge in [0, 0.05) is 16.6 Å². The van der Waals surface area contributed by atoms with E-state index >= 15 is 0 Å². The van der Waals surface area contributed by atoms with Crippen LogP contribution >= 0.6 is 0 Å². The average Bonchev–Trinajstić information content (AvgIpc) is 2.76. The maximum Gasteiger partial charge on any atom is 0.330 e. The lowest BCUT2D eigenvalue weighted by atomic mass is 9.49. The lowest BCUT2D eigenvalue weighted by Crippen LogP contribution is -2.49. The van der Waals surface area contributed by atoms with E-state index in [2.05, 4.69) is 13.2 Å². The Bertz CT molecular complexity index is 621. The fraction of sp³-hybridized carbons (Fsp3) is 0.720. The maximum absolute atomic E-state index is 11.3. The van der Waals surface area contributed by atoms with Gasteiger partial charge in [-0.2, -0.15) is 0 Å². The Labute approximate surface area is 201 Å². The van der Waals surface area contributed by atoms with E-state index in [1.165, 1.54) is 33.1 Å². The zero-order chi connectivity index (χ0) is 26.7. The quantitative estimate of drug-likeness (QED) is 0.296. The molecule has 0 amide bonds. The van der Waals surface area contributed by atoms with E-state index in [1.807, 2.05) is 6.92 Å². The van der Waals surface area contributed by atoms with E-state index in [0.717, 1.165) is 37.0 Å². The Morgan fingerprint density at radius 3 is 1.15 bits per heavy atom. The normalized spacial score (nSPS) is 25.9. The van der Waals surface area contributed by atoms with Crippen LogP contribution in [0.25, 0.3) is 0 Å². The van der Waals surface area contributed by atoms with Crippen molar-refractivity contribution in [2.45, 2.75) is 65.7 Å². The van der Waals surface area contributed by atoms with Crippen LogP contribution in [0.5, 0.6) is 0 Å². The number of rotatable bonds is 7. The molecule has 0 radical (unpaired) electrons. The minimum atomic E-state index is -0.935. The third-order valence-electron chi connectivity index (χ3n) is 6.98. The van der Waals surface area contributed by atoms with Crippen molar-refractivity contribution in [3.05, 3.63) is 24.3 Å². The summed E-state index contributed by atoms with van der Waals surface area (Å²) in [5, 5.41) is 51.0. The van der Waals surface area contributed by atoms with Crippen LogP contribution in [-0.4, -0.2) is 68.4 Å². The molecule has 0 spiro atoms. The summed E-state index contributed by atoms with van der Waals surface area (Å²) in [5.41, 5.74) is -0.598. The predicted octanol–water partition coefficient (Wildman–Crippen LogP) is 2.94. The topological polar surface area (TPSA) is 173 Å². The fourth-order valence-corrected chi connectivity index (χ4v) is 4.86. The van der Waals surface area contributed by atoms with Crippen LogP contribution in [0, 0.1) is 28.6 Å². The molecule has 4 saturated carbocycles. The van der Waals surface area contributed by atoms with Gasteiger partial charge in [0.2, 0.25) is 0 Å². The summed E-state index contributed by atoms with van der Waals surface area (Å²) < 4.78 is 0. The van der Waals surface area contributed by atoms with Crippen LogP contribution in [-0.2, 0) is 14.4 Å². The van der Waals surface area contributed by atoms with Crippen molar-refractivity contribution < 1.29 is 45.0 Å². The molecular weight excluding hydrogens is 444 g/mol. The summed E-state index contributed by atoms with van der Waals surface area (Å²) >= 11 is 0. The highest BCUT2D eigenvalue weighted by atomic mass is 16.4. The highest BCUT2D eigenvalue weighted by Crippen LogP contribution is 2.60. The van der Waals surface area contributed by atoms with Crippen molar-refractivity contribution in [2.24, 2.45) is 28.6 Å². The minimum Gasteiger partial charge on any atom is -0.481 e. The van der Waals surface area contributed by atoms with Gasteiger partial charge < -0.3 is 30.6 Å². The van der Waals surface area contributed by atoms with Crippen molar-refractivity contribution in [1.29, 1.82) is 0 Å². The van der Waals surface area contributed by atoms with Crippen LogP contribution < -0.4 is 0 Å². The molecule has 4 bridgehead atoms. The number of carbonyl (C=O) groups is 3. The SMILES string of the molecule is C=C(C)C(=O)O.C=C(C)C(=O)O.CCC(CO)(CO)CO.O=C(O)C12CC3CC(CC(C3)C1)C2. The van der Waals surface area contributed by atoms with E-state index < -0.39 is 23.3 Å². The molecule has 0 aromatic carbocycles. The van der Waals surface area contributed by atoms with Gasteiger partial charge in [0.1, 0.15) is 0 Å². The zero-order valence-electron chi connectivity index (χ0n) is 20.6. The molecular formula is C25H42O9. The van der Waals surface area contributed by atoms with Crippen molar-refractivity contribution in [3.8, 4) is 0 Å². The van der Waals surface area contributed by atoms with Crippen LogP contribution in [0.1, 0.15) is 65.7 Å². The number of aliphatic hydroxyl groups is 3. The number of carboxylic acid groups (broad SMARTS) is 3. The summed E-state index contributed by atoms with van der Waals surface area (Å²) in [6.07, 6.45) is 7.51. The molecule has 0 heterocycles. The van der Waals surface area contributed by atoms with Gasteiger partial charge in [-0.15, -0.1) is 0 Å². The van der Waals surface area contributed by atoms with Gasteiger partial charge >= 0.3 is 17.9 Å². The molecule has 0 aromatic heterocycles. The Kier molecular flexibility index (Phi) is 13.3. The van der Waals surface area contributed by atoms with Gasteiger partial charge in [-0.3, -0.25) is 4.79 Å². The molecule has 0 aliphatic heterocycles. The summed E-state index contributed by atoms with van der Waals surface area (Å²) in [6.45, 7) is 10.6. The van der Waals surface area contributed by atoms with E-state index in [9.17, 15) is 19.5 Å². The van der Waals surface area contributed by atoms with Crippen LogP contribution in [0.3, 0.4) is 0 Å². The standard InChI is InChI=1S/C11H16O2.C6H14O3.2C4H6O2/c12-10(13)11-4-7-1-8(5-11)3-9(2-7)6-11;1-2-6(3-7,4-8)5-9;2*1-3(2)4(5)6/h7-9H,1-6H2,(H,12,13);7-9H,2-5H2,1H3;2*1H2,2H3,(H,5,6). The van der Waals surface area contributed by atoms with Crippen molar-refractivity contribution in [1.82, 2.24) is 0 Å². The average molecular weight is 487 g/mol. The van der Waals surface area contributed by atoms with Gasteiger partial charge in [0.25, 0.3) is 0 Å². The maximum atomic E-state index is 11.3. The second-order valence-electron chi connectivity index (χ2n) is 10.0. The van der Waals surface area contributed by atoms with E-state index in [-0.39, 0.29) is 36.4 Å². The largest absolute Gasteiger partial charge is 0.481 e. The monoisotopic (exact) mass is 486 g/mol. The lowest BCUT2D eigenvalue weighted by molar-refractivity contribution is -0.164. The Morgan fingerprint density at radius 1 is 0.765 bits per heavy atom. The predicted molar refractivity (Wildman–Crippen MR) is 127 cm³/mol. The molecule has 4 aliphatic carbocycles. The van der Waals surface area contributed by atoms with Crippen molar-refractivity contribution >= 4 is 17.9 Å². The smallest absolute Gasteiger partial charge is 0.330 e. The first-order valence-corrected chi connectivity index (χ1v) is 11.5. The van der Waals surface area contributed by atoms with Gasteiger partial charge in [-0.1, -0.05) is 20.1 Å². The Hall–Kier alpha value is -2.23. The third-order valence-corrected chi connectivity index (χ3v) is 6.98. The molecule has 6 N–H and O–H groups in total. The van der Waals surface area contributed by atoms with Gasteiger partial charge in [-0.05, 0) is 76.5 Å². The summed E-state index contributed by atoms with van der Waals surface area (Å²) in [4.78, 5) is 30.5. The summed E-state index contributed by atoms with van der Waals surface area (Å²) in [5.74, 6) is -0.122. The number of hydrogen-bond acceptors (Lipinski definition) is 6. The van der Waals surface area contributed by atoms with Crippen molar-refractivity contribution in [3.63, 3.8) is 0 Å². The van der Waals surface area contributed by atoms with Crippen LogP contribution in [0.2, 0.25) is 0 Å². The fourth-order valence-electron chi connectivity index (χ4n) is 4.86. The molecule has 4 rings (SSSR count). The molecule has 0 saturated heterocycles. The van der Waals surface area contributed by atoms with E-state index in [1.54, 1.807) is 0 Å². The summed E-state index contributed by atoms with van der Waals surface area (Å²) in [6, 6.07) is 0. The van der Waals surface area contributed by atoms with Crippen LogP contribution in [0.15, 0.2) is 24.3 Å². The highest BCUT2D eigenvalue weighted by Gasteiger charge is 2.54. The van der Waals surface area contributed by atoms with Crippen molar-refractivity contribution in [2.75, 3.05) is 19.8 Å². The Balaban J connectivity index is 0.000000459. The van der Waals surface area contributed by atoms with E-state index in [0.29, 0.717) is 6.42 Å². The first-order chi connectivity index (χ1) is 15.7. The lowest BCUT2D eigenvalue weighted by Gasteiger charge is -2.54. The third kappa shape index (κ3) is 9.56. The summed E-state index contributed by atoms with van der Waals surface area (Å²) in [7, 11) is 0. The first kappa shape index (κ1) is 31.8. The van der Waals surface area contributed by atoms with Gasteiger partial charge in [0.05, 0.1) is 25.2 Å². The van der Waals surface area contributed by atoms with Gasteiger partial charge in [0.15, 0.2) is 0 Å². The Morgan fingerprint density at radius 2 is 1.03 bits per heavy atom. The molecule has 4 fully saturated rings. The molecule has 0 atom stereocenters. The molecule has 4 aliphatic rings. The second kappa shape index (κ2) is 14.2. The number of hydrogen-bond donors (Lipinski definition) is 6. The molecule has 9 heteroatoms. The molecule has 34 heavy (non-hydrogen) atoms. The van der Waals surface area contributed by atoms with E-state index in [4.69, 9.17) is 25.5 Å². The number of carboxylic acids is 3. The molecule has 0 unspecified atom stereocenters. The molecule has 196 valence electrons. The molecule has 0 aromatic rings. The zero-order valence-corrected chi connectivity index (χ0v) is 20.6. The number of aliphatic hydroxyl groups excluding tert-OH is 3.